The van der Waals surface area contributed by atoms with Crippen LogP contribution in [0.25, 0.3) is 0 Å². The van der Waals surface area contributed by atoms with Crippen LogP contribution in [0.1, 0.15) is 12.0 Å². The monoisotopic (exact) mass is 253 g/mol. The van der Waals surface area contributed by atoms with Crippen molar-refractivity contribution in [3.8, 4) is 5.75 Å². The summed E-state index contributed by atoms with van der Waals surface area (Å²) < 4.78 is 16.0. The molecule has 1 aromatic rings. The first-order valence-electron chi connectivity index (χ1n) is 6.36. The molecule has 0 bridgehead atoms. The first-order chi connectivity index (χ1) is 8.88. The van der Waals surface area contributed by atoms with Crippen molar-refractivity contribution in [2.45, 2.75) is 12.8 Å². The van der Waals surface area contributed by atoms with Crippen LogP contribution in [0.4, 0.5) is 0 Å². The maximum Gasteiger partial charge on any atom is 0.122 e. The van der Waals surface area contributed by atoms with Crippen LogP contribution >= 0.6 is 0 Å². The second kappa shape index (κ2) is 9.88. The lowest BCUT2D eigenvalue weighted by Crippen LogP contribution is -2.08. The molecule has 0 aliphatic rings. The molecule has 4 nitrogen and oxygen atoms in total. The smallest absolute Gasteiger partial charge is 0.122 e. The third-order valence-electron chi connectivity index (χ3n) is 2.51. The van der Waals surface area contributed by atoms with Gasteiger partial charge < -0.3 is 19.9 Å². The van der Waals surface area contributed by atoms with E-state index in [2.05, 4.69) is 6.07 Å². The molecule has 0 radical (unpaired) electrons. The highest BCUT2D eigenvalue weighted by atomic mass is 16.5. The number of hydrogen-bond donors (Lipinski definition) is 1. The van der Waals surface area contributed by atoms with Gasteiger partial charge in [-0.05, 0) is 24.6 Å². The summed E-state index contributed by atoms with van der Waals surface area (Å²) >= 11 is 0. The Balaban J connectivity index is 2.18. The Labute approximate surface area is 109 Å². The molecule has 4 heteroatoms. The topological polar surface area (TPSA) is 53.7 Å². The Kier molecular flexibility index (Phi) is 8.21. The number of nitrogens with two attached hydrogens (primary N) is 1. The predicted octanol–water partition coefficient (Wildman–Crippen LogP) is 1.62. The van der Waals surface area contributed by atoms with Crippen molar-refractivity contribution in [1.82, 2.24) is 0 Å². The van der Waals surface area contributed by atoms with Crippen molar-refractivity contribution in [3.05, 3.63) is 29.8 Å². The zero-order valence-corrected chi connectivity index (χ0v) is 11.1. The Bertz CT molecular complexity index is 318. The normalized spacial score (nSPS) is 10.6. The van der Waals surface area contributed by atoms with Crippen molar-refractivity contribution in [2.75, 3.05) is 40.1 Å². The number of ether oxygens (including phenoxy) is 3. The van der Waals surface area contributed by atoms with Gasteiger partial charge in [0.2, 0.25) is 0 Å². The quantitative estimate of drug-likeness (QED) is 0.644. The third kappa shape index (κ3) is 6.00. The van der Waals surface area contributed by atoms with Gasteiger partial charge in [0.1, 0.15) is 5.75 Å². The van der Waals surface area contributed by atoms with E-state index < -0.39 is 0 Å². The Morgan fingerprint density at radius 3 is 2.67 bits per heavy atom. The Morgan fingerprint density at radius 1 is 1.06 bits per heavy atom. The minimum absolute atomic E-state index is 0.639. The first kappa shape index (κ1) is 15.0. The average molecular weight is 253 g/mol. The van der Waals surface area contributed by atoms with Gasteiger partial charge in [0.05, 0.1) is 19.8 Å². The van der Waals surface area contributed by atoms with Gasteiger partial charge in [0.25, 0.3) is 0 Å². The van der Waals surface area contributed by atoms with E-state index in [0.717, 1.165) is 18.6 Å². The van der Waals surface area contributed by atoms with Crippen LogP contribution < -0.4 is 10.5 Å². The summed E-state index contributed by atoms with van der Waals surface area (Å²) in [5.41, 5.74) is 6.73. The summed E-state index contributed by atoms with van der Waals surface area (Å²) in [5, 5.41) is 0. The molecule has 0 saturated carbocycles. The highest BCUT2D eigenvalue weighted by Crippen LogP contribution is 2.18. The lowest BCUT2D eigenvalue weighted by atomic mass is 10.1. The zero-order chi connectivity index (χ0) is 13.1. The number of para-hydroxylation sites is 1. The predicted molar refractivity (Wildman–Crippen MR) is 72.0 cm³/mol. The lowest BCUT2D eigenvalue weighted by Gasteiger charge is -2.10. The molecule has 2 N–H and O–H groups in total. The average Bonchev–Trinajstić information content (AvgIpc) is 2.40. The van der Waals surface area contributed by atoms with Gasteiger partial charge in [-0.25, -0.2) is 0 Å². The molecule has 102 valence electrons. The molecule has 0 atom stereocenters. The van der Waals surface area contributed by atoms with E-state index in [1.165, 1.54) is 5.56 Å². The molecule has 0 unspecified atom stereocenters. The van der Waals surface area contributed by atoms with Gasteiger partial charge in [-0.15, -0.1) is 0 Å². The van der Waals surface area contributed by atoms with E-state index in [0.29, 0.717) is 33.0 Å². The van der Waals surface area contributed by atoms with E-state index in [4.69, 9.17) is 19.9 Å². The van der Waals surface area contributed by atoms with E-state index in [1.807, 2.05) is 18.2 Å². The van der Waals surface area contributed by atoms with E-state index in [1.54, 1.807) is 7.11 Å². The molecular formula is C14H23NO3. The molecule has 1 aromatic carbocycles. The number of rotatable bonds is 10. The molecule has 1 rings (SSSR count). The fourth-order valence-corrected chi connectivity index (χ4v) is 1.59. The summed E-state index contributed by atoms with van der Waals surface area (Å²) in [6.45, 7) is 3.28. The van der Waals surface area contributed by atoms with Gasteiger partial charge in [-0.3, -0.25) is 0 Å². The first-order valence-corrected chi connectivity index (χ1v) is 6.36. The molecule has 0 aliphatic heterocycles. The number of hydrogen-bond acceptors (Lipinski definition) is 4. The third-order valence-corrected chi connectivity index (χ3v) is 2.51. The van der Waals surface area contributed by atoms with Crippen molar-refractivity contribution >= 4 is 0 Å². The molecule has 0 aromatic heterocycles. The molecule has 0 saturated heterocycles. The molecule has 0 aliphatic carbocycles. The second-order valence-electron chi connectivity index (χ2n) is 3.95. The molecule has 0 heterocycles. The standard InChI is InChI=1S/C14H23NO3/c1-16-11-12-17-9-4-10-18-14-6-3-2-5-13(14)7-8-15/h2-3,5-6H,4,7-12,15H2,1H3. The Hall–Kier alpha value is -1.10. The number of benzene rings is 1. The van der Waals surface area contributed by atoms with Crippen LogP contribution in [0, 0.1) is 0 Å². The SMILES string of the molecule is COCCOCCCOc1ccccc1CCN. The van der Waals surface area contributed by atoms with Crippen molar-refractivity contribution in [3.63, 3.8) is 0 Å². The van der Waals surface area contributed by atoms with Gasteiger partial charge in [0.15, 0.2) is 0 Å². The van der Waals surface area contributed by atoms with Gasteiger partial charge in [-0.2, -0.15) is 0 Å². The van der Waals surface area contributed by atoms with Crippen LogP contribution in [0.2, 0.25) is 0 Å². The maximum absolute atomic E-state index is 5.73. The second-order valence-corrected chi connectivity index (χ2v) is 3.95. The maximum atomic E-state index is 5.73. The minimum atomic E-state index is 0.639. The number of methoxy groups -OCH3 is 1. The van der Waals surface area contributed by atoms with Crippen molar-refractivity contribution < 1.29 is 14.2 Å². The van der Waals surface area contributed by atoms with E-state index in [9.17, 15) is 0 Å². The van der Waals surface area contributed by atoms with Crippen LogP contribution in [0.3, 0.4) is 0 Å². The van der Waals surface area contributed by atoms with Crippen molar-refractivity contribution in [1.29, 1.82) is 0 Å². The summed E-state index contributed by atoms with van der Waals surface area (Å²) in [6, 6.07) is 8.02. The fourth-order valence-electron chi connectivity index (χ4n) is 1.59. The molecule has 0 amide bonds. The molecule has 0 fully saturated rings. The highest BCUT2D eigenvalue weighted by molar-refractivity contribution is 5.33. The van der Waals surface area contributed by atoms with Crippen LogP contribution in [0.15, 0.2) is 24.3 Å². The lowest BCUT2D eigenvalue weighted by molar-refractivity contribution is 0.0644. The molecule has 18 heavy (non-hydrogen) atoms. The Morgan fingerprint density at radius 2 is 1.89 bits per heavy atom. The van der Waals surface area contributed by atoms with Gasteiger partial charge >= 0.3 is 0 Å². The van der Waals surface area contributed by atoms with Crippen LogP contribution in [-0.2, 0) is 15.9 Å². The molecule has 0 spiro atoms. The van der Waals surface area contributed by atoms with Crippen LogP contribution in [0.5, 0.6) is 5.75 Å². The largest absolute Gasteiger partial charge is 0.493 e. The minimum Gasteiger partial charge on any atom is -0.493 e. The highest BCUT2D eigenvalue weighted by Gasteiger charge is 2.01. The fraction of sp³-hybridized carbons (Fsp3) is 0.571. The molecular weight excluding hydrogens is 230 g/mol. The zero-order valence-electron chi connectivity index (χ0n) is 11.1. The van der Waals surface area contributed by atoms with E-state index >= 15 is 0 Å². The van der Waals surface area contributed by atoms with Gasteiger partial charge in [-0.1, -0.05) is 18.2 Å². The summed E-state index contributed by atoms with van der Waals surface area (Å²) in [5.74, 6) is 0.930. The van der Waals surface area contributed by atoms with Gasteiger partial charge in [0, 0.05) is 20.1 Å². The summed E-state index contributed by atoms with van der Waals surface area (Å²) in [6.07, 6.45) is 1.72. The van der Waals surface area contributed by atoms with Crippen LogP contribution in [-0.4, -0.2) is 40.1 Å². The summed E-state index contributed by atoms with van der Waals surface area (Å²) in [7, 11) is 1.67. The van der Waals surface area contributed by atoms with E-state index in [-0.39, 0.29) is 0 Å². The van der Waals surface area contributed by atoms with Crippen molar-refractivity contribution in [2.24, 2.45) is 5.73 Å². The summed E-state index contributed by atoms with van der Waals surface area (Å²) in [4.78, 5) is 0.